The molecule has 2 heterocycles. The normalized spacial score (nSPS) is 17.1. The van der Waals surface area contributed by atoms with Gasteiger partial charge in [0.15, 0.2) is 11.9 Å². The van der Waals surface area contributed by atoms with Crippen LogP contribution in [0.3, 0.4) is 0 Å². The zero-order chi connectivity index (χ0) is 22.1. The molecule has 2 aromatic carbocycles. The van der Waals surface area contributed by atoms with Gasteiger partial charge in [-0.3, -0.25) is 14.4 Å². The van der Waals surface area contributed by atoms with Gasteiger partial charge in [-0.15, -0.1) is 0 Å². The molecule has 8 heteroatoms. The summed E-state index contributed by atoms with van der Waals surface area (Å²) in [6.45, 7) is 3.77. The van der Waals surface area contributed by atoms with E-state index in [1.54, 1.807) is 49.3 Å². The van der Waals surface area contributed by atoms with Gasteiger partial charge in [0, 0.05) is 13.0 Å². The summed E-state index contributed by atoms with van der Waals surface area (Å²) in [6.07, 6.45) is -0.716. The van der Waals surface area contributed by atoms with Gasteiger partial charge >= 0.3 is 5.97 Å². The third-order valence-corrected chi connectivity index (χ3v) is 5.39. The largest absolute Gasteiger partial charge is 0.495 e. The zero-order valence-electron chi connectivity index (χ0n) is 17.5. The first-order valence-electron chi connectivity index (χ1n) is 10.0. The Balaban J connectivity index is 1.50. The van der Waals surface area contributed by atoms with Gasteiger partial charge in [-0.1, -0.05) is 18.2 Å². The second kappa shape index (κ2) is 8.22. The van der Waals surface area contributed by atoms with Crippen LogP contribution in [-0.4, -0.2) is 35.5 Å². The molecule has 0 bridgehead atoms. The molecule has 1 amide bonds. The second-order valence-corrected chi connectivity index (χ2v) is 7.63. The minimum Gasteiger partial charge on any atom is -0.495 e. The average molecular weight is 421 g/mol. The highest BCUT2D eigenvalue weighted by Crippen LogP contribution is 2.34. The van der Waals surface area contributed by atoms with E-state index in [-0.39, 0.29) is 30.3 Å². The number of hydrogen-bond acceptors (Lipinski definition) is 6. The molecule has 0 aliphatic carbocycles. The number of para-hydroxylation sites is 1. The van der Waals surface area contributed by atoms with Crippen molar-refractivity contribution in [1.82, 2.24) is 9.97 Å². The van der Waals surface area contributed by atoms with E-state index < -0.39 is 18.0 Å². The van der Waals surface area contributed by atoms with Crippen molar-refractivity contribution >= 4 is 28.5 Å². The molecular weight excluding hydrogens is 398 g/mol. The number of anilines is 1. The third-order valence-electron chi connectivity index (χ3n) is 5.39. The SMILES string of the molecule is COc1ccc(C)cc1N1C[C@@H](C(=O)O[C@H](C)c2nc3ccccc3c(=O)[nH]2)CC1=O. The summed E-state index contributed by atoms with van der Waals surface area (Å²) in [5.74, 6) is -0.466. The smallest absolute Gasteiger partial charge is 0.311 e. The summed E-state index contributed by atoms with van der Waals surface area (Å²) >= 11 is 0. The zero-order valence-corrected chi connectivity index (χ0v) is 17.5. The molecule has 2 atom stereocenters. The second-order valence-electron chi connectivity index (χ2n) is 7.63. The number of hydrogen-bond donors (Lipinski definition) is 1. The molecule has 0 spiro atoms. The number of amides is 1. The Labute approximate surface area is 178 Å². The van der Waals surface area contributed by atoms with Crippen LogP contribution in [0.1, 0.15) is 30.8 Å². The molecule has 1 saturated heterocycles. The van der Waals surface area contributed by atoms with Gasteiger partial charge < -0.3 is 19.4 Å². The Morgan fingerprint density at radius 3 is 2.77 bits per heavy atom. The molecule has 160 valence electrons. The molecule has 1 aromatic heterocycles. The molecule has 0 radical (unpaired) electrons. The van der Waals surface area contributed by atoms with Crippen LogP contribution < -0.4 is 15.2 Å². The number of fused-ring (bicyclic) bond motifs is 1. The predicted molar refractivity (Wildman–Crippen MR) is 115 cm³/mol. The van der Waals surface area contributed by atoms with E-state index in [1.165, 1.54) is 0 Å². The summed E-state index contributed by atoms with van der Waals surface area (Å²) < 4.78 is 10.9. The monoisotopic (exact) mass is 421 g/mol. The van der Waals surface area contributed by atoms with Crippen molar-refractivity contribution in [1.29, 1.82) is 0 Å². The number of nitrogens with one attached hydrogen (secondary N) is 1. The molecular formula is C23H23N3O5. The number of ether oxygens (including phenoxy) is 2. The number of carbonyl (C=O) groups is 2. The standard InChI is InChI=1S/C23H23N3O5/c1-13-8-9-19(30-3)18(10-13)26-12-15(11-20(26)27)23(29)31-14(2)21-24-17-7-5-4-6-16(17)22(28)25-21/h4-10,14-15H,11-12H2,1-3H3,(H,24,25,28)/t14-,15+/m1/s1. The first-order valence-corrected chi connectivity index (χ1v) is 10.0. The summed E-state index contributed by atoms with van der Waals surface area (Å²) in [7, 11) is 1.54. The van der Waals surface area contributed by atoms with Crippen LogP contribution in [0, 0.1) is 12.8 Å². The topological polar surface area (TPSA) is 102 Å². The number of rotatable bonds is 5. The van der Waals surface area contributed by atoms with E-state index in [2.05, 4.69) is 9.97 Å². The number of carbonyl (C=O) groups excluding carboxylic acids is 2. The molecule has 1 N–H and O–H groups in total. The lowest BCUT2D eigenvalue weighted by atomic mass is 10.1. The molecule has 0 unspecified atom stereocenters. The molecule has 0 saturated carbocycles. The highest BCUT2D eigenvalue weighted by molar-refractivity contribution is 6.00. The highest BCUT2D eigenvalue weighted by Gasteiger charge is 2.38. The van der Waals surface area contributed by atoms with Crippen LogP contribution >= 0.6 is 0 Å². The van der Waals surface area contributed by atoms with E-state index in [0.717, 1.165) is 5.56 Å². The lowest BCUT2D eigenvalue weighted by Gasteiger charge is -2.20. The van der Waals surface area contributed by atoms with Gasteiger partial charge in [0.2, 0.25) is 5.91 Å². The molecule has 3 aromatic rings. The van der Waals surface area contributed by atoms with Crippen molar-refractivity contribution in [2.75, 3.05) is 18.6 Å². The van der Waals surface area contributed by atoms with Crippen LogP contribution in [-0.2, 0) is 14.3 Å². The molecule has 1 fully saturated rings. The lowest BCUT2D eigenvalue weighted by Crippen LogP contribution is -2.27. The van der Waals surface area contributed by atoms with Crippen molar-refractivity contribution < 1.29 is 19.1 Å². The summed E-state index contributed by atoms with van der Waals surface area (Å²) in [6, 6.07) is 12.5. The number of methoxy groups -OCH3 is 1. The maximum Gasteiger partial charge on any atom is 0.311 e. The van der Waals surface area contributed by atoms with E-state index in [0.29, 0.717) is 22.3 Å². The van der Waals surface area contributed by atoms with E-state index >= 15 is 0 Å². The van der Waals surface area contributed by atoms with Gasteiger partial charge in [0.1, 0.15) is 5.75 Å². The number of H-pyrrole nitrogens is 1. The molecule has 1 aliphatic heterocycles. The molecule has 4 rings (SSSR count). The van der Waals surface area contributed by atoms with Crippen LogP contribution in [0.4, 0.5) is 5.69 Å². The maximum atomic E-state index is 12.8. The maximum absolute atomic E-state index is 12.8. The third kappa shape index (κ3) is 4.01. The van der Waals surface area contributed by atoms with E-state index in [9.17, 15) is 14.4 Å². The number of aromatic nitrogens is 2. The minimum absolute atomic E-state index is 0.0460. The fraction of sp³-hybridized carbons (Fsp3) is 0.304. The van der Waals surface area contributed by atoms with Crippen LogP contribution in [0.2, 0.25) is 0 Å². The van der Waals surface area contributed by atoms with Crippen molar-refractivity contribution in [3.8, 4) is 5.75 Å². The fourth-order valence-electron chi connectivity index (χ4n) is 3.73. The first kappa shape index (κ1) is 20.6. The number of nitrogens with zero attached hydrogens (tertiary/aromatic N) is 2. The summed E-state index contributed by atoms with van der Waals surface area (Å²) in [5, 5.41) is 0.467. The number of aromatic amines is 1. The molecule has 1 aliphatic rings. The Morgan fingerprint density at radius 2 is 2.00 bits per heavy atom. The Bertz CT molecular complexity index is 1220. The minimum atomic E-state index is -0.762. The fourth-order valence-corrected chi connectivity index (χ4v) is 3.73. The highest BCUT2D eigenvalue weighted by atomic mass is 16.5. The Morgan fingerprint density at radius 1 is 1.23 bits per heavy atom. The van der Waals surface area contributed by atoms with Crippen molar-refractivity contribution in [3.63, 3.8) is 0 Å². The Kier molecular flexibility index (Phi) is 5.46. The van der Waals surface area contributed by atoms with Gasteiger partial charge in [0.25, 0.3) is 5.56 Å². The van der Waals surface area contributed by atoms with Gasteiger partial charge in [-0.25, -0.2) is 4.98 Å². The number of aryl methyl sites for hydroxylation is 1. The lowest BCUT2D eigenvalue weighted by molar-refractivity contribution is -0.153. The predicted octanol–water partition coefficient (Wildman–Crippen LogP) is 2.90. The van der Waals surface area contributed by atoms with Gasteiger partial charge in [0.05, 0.1) is 29.6 Å². The van der Waals surface area contributed by atoms with Gasteiger partial charge in [-0.2, -0.15) is 0 Å². The van der Waals surface area contributed by atoms with Crippen molar-refractivity contribution in [3.05, 3.63) is 64.2 Å². The molecule has 31 heavy (non-hydrogen) atoms. The quantitative estimate of drug-likeness (QED) is 0.636. The summed E-state index contributed by atoms with van der Waals surface area (Å²) in [4.78, 5) is 46.3. The van der Waals surface area contributed by atoms with Crippen LogP contribution in [0.25, 0.3) is 10.9 Å². The van der Waals surface area contributed by atoms with Crippen LogP contribution in [0.15, 0.2) is 47.3 Å². The number of esters is 1. The van der Waals surface area contributed by atoms with Gasteiger partial charge in [-0.05, 0) is 43.7 Å². The first-order chi connectivity index (χ1) is 14.9. The van der Waals surface area contributed by atoms with E-state index in [1.807, 2.05) is 19.1 Å². The van der Waals surface area contributed by atoms with Crippen molar-refractivity contribution in [2.45, 2.75) is 26.4 Å². The summed E-state index contributed by atoms with van der Waals surface area (Å²) in [5.41, 5.74) is 1.85. The van der Waals surface area contributed by atoms with Crippen molar-refractivity contribution in [2.24, 2.45) is 5.92 Å². The van der Waals surface area contributed by atoms with Crippen LogP contribution in [0.5, 0.6) is 5.75 Å². The Hall–Kier alpha value is -3.68. The molecule has 8 nitrogen and oxygen atoms in total. The van der Waals surface area contributed by atoms with E-state index in [4.69, 9.17) is 9.47 Å². The number of benzene rings is 2. The average Bonchev–Trinajstić information content (AvgIpc) is 3.15.